The van der Waals surface area contributed by atoms with Gasteiger partial charge >= 0.3 is 0 Å². The Hall–Kier alpha value is -2.74. The van der Waals surface area contributed by atoms with Gasteiger partial charge in [-0.25, -0.2) is 0 Å². The average Bonchev–Trinajstić information content (AvgIpc) is 3.41. The lowest BCUT2D eigenvalue weighted by molar-refractivity contribution is 0.0599. The van der Waals surface area contributed by atoms with Crippen LogP contribution in [0.25, 0.3) is 0 Å². The molecule has 0 aliphatic carbocycles. The van der Waals surface area contributed by atoms with Crippen LogP contribution in [0.5, 0.6) is 5.75 Å². The molecule has 178 valence electrons. The number of carbonyl (C=O) groups is 1. The van der Waals surface area contributed by atoms with Crippen molar-refractivity contribution < 1.29 is 9.53 Å². The van der Waals surface area contributed by atoms with Crippen LogP contribution in [0, 0.1) is 0 Å². The first-order valence-electron chi connectivity index (χ1n) is 12.1. The second kappa shape index (κ2) is 11.1. The summed E-state index contributed by atoms with van der Waals surface area (Å²) in [6.07, 6.45) is 5.71. The molecule has 2 fully saturated rings. The van der Waals surface area contributed by atoms with E-state index in [1.54, 1.807) is 0 Å². The van der Waals surface area contributed by atoms with Crippen LogP contribution < -0.4 is 4.74 Å². The molecular weight excluding hydrogens is 444 g/mol. The lowest BCUT2D eigenvalue weighted by atomic mass is 10.1. The van der Waals surface area contributed by atoms with Crippen molar-refractivity contribution in [1.82, 2.24) is 19.7 Å². The van der Waals surface area contributed by atoms with Crippen molar-refractivity contribution >= 4 is 17.2 Å². The third-order valence-electron chi connectivity index (χ3n) is 6.66. The zero-order valence-electron chi connectivity index (χ0n) is 19.5. The van der Waals surface area contributed by atoms with Crippen LogP contribution in [0.4, 0.5) is 0 Å². The van der Waals surface area contributed by atoms with Gasteiger partial charge in [0.15, 0.2) is 0 Å². The molecule has 2 saturated heterocycles. The van der Waals surface area contributed by atoms with Crippen LogP contribution in [0.3, 0.4) is 0 Å². The van der Waals surface area contributed by atoms with Gasteiger partial charge in [0.05, 0.1) is 4.88 Å². The second-order valence-corrected chi connectivity index (χ2v) is 10.1. The summed E-state index contributed by atoms with van der Waals surface area (Å²) >= 11 is 1.51. The lowest BCUT2D eigenvalue weighted by Gasteiger charge is -2.35. The number of carbonyl (C=O) groups excluding carboxylic acids is 1. The van der Waals surface area contributed by atoms with E-state index in [2.05, 4.69) is 45.1 Å². The number of likely N-dealkylation sites (tertiary alicyclic amines) is 1. The van der Waals surface area contributed by atoms with E-state index >= 15 is 0 Å². The highest BCUT2D eigenvalue weighted by Gasteiger charge is 2.25. The molecule has 5 rings (SSSR count). The van der Waals surface area contributed by atoms with Gasteiger partial charge in [-0.3, -0.25) is 19.6 Å². The van der Waals surface area contributed by atoms with E-state index in [1.807, 2.05) is 40.9 Å². The number of piperidine rings is 1. The van der Waals surface area contributed by atoms with Crippen LogP contribution in [0.1, 0.15) is 33.6 Å². The number of nitrogens with zero attached hydrogens (tertiary/aromatic N) is 4. The smallest absolute Gasteiger partial charge is 0.263 e. The molecule has 0 spiro atoms. The van der Waals surface area contributed by atoms with Gasteiger partial charge in [-0.15, -0.1) is 11.3 Å². The Morgan fingerprint density at radius 3 is 2.32 bits per heavy atom. The molecule has 1 amide bonds. The molecule has 4 heterocycles. The van der Waals surface area contributed by atoms with Gasteiger partial charge in [-0.05, 0) is 40.8 Å². The van der Waals surface area contributed by atoms with E-state index in [0.717, 1.165) is 75.8 Å². The SMILES string of the molecule is O=C(c1cccs1)N1CCC(Oc2cccc(CN3CCN(Cc4cccnc4)CC3)c2)CC1. The summed E-state index contributed by atoms with van der Waals surface area (Å²) in [5.74, 6) is 1.09. The highest BCUT2D eigenvalue weighted by atomic mass is 32.1. The number of aromatic nitrogens is 1. The minimum absolute atomic E-state index is 0.149. The molecule has 3 aromatic rings. The molecule has 0 atom stereocenters. The Labute approximate surface area is 205 Å². The first-order valence-corrected chi connectivity index (χ1v) is 13.0. The number of ether oxygens (including phenoxy) is 1. The number of rotatable bonds is 7. The maximum absolute atomic E-state index is 12.6. The molecule has 0 saturated carbocycles. The summed E-state index contributed by atoms with van der Waals surface area (Å²) in [7, 11) is 0. The largest absolute Gasteiger partial charge is 0.490 e. The summed E-state index contributed by atoms with van der Waals surface area (Å²) in [5, 5.41) is 1.96. The van der Waals surface area contributed by atoms with E-state index in [9.17, 15) is 4.79 Å². The molecule has 0 bridgehead atoms. The summed E-state index contributed by atoms with van der Waals surface area (Å²) in [5.41, 5.74) is 2.58. The fraction of sp³-hybridized carbons (Fsp3) is 0.407. The van der Waals surface area contributed by atoms with Crippen LogP contribution in [0.2, 0.25) is 0 Å². The zero-order chi connectivity index (χ0) is 23.2. The quantitative estimate of drug-likeness (QED) is 0.513. The third kappa shape index (κ3) is 6.03. The van der Waals surface area contributed by atoms with E-state index in [-0.39, 0.29) is 12.0 Å². The fourth-order valence-corrected chi connectivity index (χ4v) is 5.45. The Bertz CT molecular complexity index is 1040. The van der Waals surface area contributed by atoms with Gasteiger partial charge in [-0.2, -0.15) is 0 Å². The molecule has 0 unspecified atom stereocenters. The predicted octanol–water partition coefficient (Wildman–Crippen LogP) is 4.14. The Morgan fingerprint density at radius 1 is 0.912 bits per heavy atom. The van der Waals surface area contributed by atoms with Gasteiger partial charge in [0.2, 0.25) is 0 Å². The molecular formula is C27H32N4O2S. The van der Waals surface area contributed by atoms with Gasteiger partial charge in [0, 0.05) is 77.6 Å². The Balaban J connectivity index is 1.07. The standard InChI is InChI=1S/C27H32N4O2S/c32-27(26-7-3-17-34-26)31-11-8-24(9-12-31)33-25-6-1-4-22(18-25)20-29-13-15-30(16-14-29)21-23-5-2-10-28-19-23/h1-7,10,17-19,24H,8-9,11-16,20-21H2. The zero-order valence-corrected chi connectivity index (χ0v) is 20.3. The number of hydrogen-bond acceptors (Lipinski definition) is 6. The van der Waals surface area contributed by atoms with Crippen LogP contribution in [-0.2, 0) is 13.1 Å². The van der Waals surface area contributed by atoms with E-state index in [4.69, 9.17) is 4.74 Å². The molecule has 0 N–H and O–H groups in total. The first-order chi connectivity index (χ1) is 16.7. The van der Waals surface area contributed by atoms with E-state index < -0.39 is 0 Å². The highest BCUT2D eigenvalue weighted by molar-refractivity contribution is 7.12. The van der Waals surface area contributed by atoms with Crippen LogP contribution >= 0.6 is 11.3 Å². The van der Waals surface area contributed by atoms with Crippen molar-refractivity contribution in [1.29, 1.82) is 0 Å². The average molecular weight is 477 g/mol. The lowest BCUT2D eigenvalue weighted by Crippen LogP contribution is -2.45. The van der Waals surface area contributed by atoms with Gasteiger partial charge in [0.1, 0.15) is 11.9 Å². The fourth-order valence-electron chi connectivity index (χ4n) is 4.76. The number of pyridine rings is 1. The van der Waals surface area contributed by atoms with Crippen molar-refractivity contribution in [3.05, 3.63) is 82.3 Å². The maximum atomic E-state index is 12.6. The number of piperazine rings is 1. The monoisotopic (exact) mass is 476 g/mol. The second-order valence-electron chi connectivity index (χ2n) is 9.15. The van der Waals surface area contributed by atoms with Crippen LogP contribution in [-0.4, -0.2) is 71.0 Å². The third-order valence-corrected chi connectivity index (χ3v) is 7.52. The summed E-state index contributed by atoms with van der Waals surface area (Å²) < 4.78 is 6.32. The Kier molecular flexibility index (Phi) is 7.53. The number of thiophene rings is 1. The molecule has 6 nitrogen and oxygen atoms in total. The molecule has 1 aromatic carbocycles. The van der Waals surface area contributed by atoms with Crippen molar-refractivity contribution in [3.8, 4) is 5.75 Å². The number of benzene rings is 1. The number of amides is 1. The highest BCUT2D eigenvalue weighted by Crippen LogP contribution is 2.23. The maximum Gasteiger partial charge on any atom is 0.263 e. The summed E-state index contributed by atoms with van der Waals surface area (Å²) in [6, 6.07) is 16.5. The molecule has 34 heavy (non-hydrogen) atoms. The predicted molar refractivity (Wildman–Crippen MR) is 135 cm³/mol. The summed E-state index contributed by atoms with van der Waals surface area (Å²) in [4.78, 5) is 24.6. The van der Waals surface area contributed by atoms with Crippen molar-refractivity contribution in [2.24, 2.45) is 0 Å². The van der Waals surface area contributed by atoms with Crippen LogP contribution in [0.15, 0.2) is 66.3 Å². The van der Waals surface area contributed by atoms with Crippen molar-refractivity contribution in [3.63, 3.8) is 0 Å². The van der Waals surface area contributed by atoms with Crippen molar-refractivity contribution in [2.75, 3.05) is 39.3 Å². The minimum Gasteiger partial charge on any atom is -0.490 e. The normalized spacial score (nSPS) is 18.2. The molecule has 2 aromatic heterocycles. The van der Waals surface area contributed by atoms with Gasteiger partial charge in [0.25, 0.3) is 5.91 Å². The van der Waals surface area contributed by atoms with Crippen molar-refractivity contribution in [2.45, 2.75) is 32.0 Å². The Morgan fingerprint density at radius 2 is 1.65 bits per heavy atom. The van der Waals surface area contributed by atoms with E-state index in [0.29, 0.717) is 0 Å². The molecule has 0 radical (unpaired) electrons. The minimum atomic E-state index is 0.149. The van der Waals surface area contributed by atoms with E-state index in [1.165, 1.54) is 22.5 Å². The van der Waals surface area contributed by atoms with Gasteiger partial charge < -0.3 is 9.64 Å². The molecule has 2 aliphatic heterocycles. The summed E-state index contributed by atoms with van der Waals surface area (Å²) in [6.45, 7) is 7.73. The first kappa shape index (κ1) is 23.0. The molecule has 2 aliphatic rings. The van der Waals surface area contributed by atoms with Gasteiger partial charge in [-0.1, -0.05) is 24.3 Å². The topological polar surface area (TPSA) is 48.9 Å². The number of hydrogen-bond donors (Lipinski definition) is 0. The molecule has 7 heteroatoms.